The molecule has 1 atom stereocenters. The number of halogens is 3. The van der Waals surface area contributed by atoms with E-state index in [1.54, 1.807) is 18.2 Å². The average Bonchev–Trinajstić information content (AvgIpc) is 2.16. The Morgan fingerprint density at radius 1 is 1.47 bits per heavy atom. The Morgan fingerprint density at radius 3 is 2.65 bits per heavy atom. The lowest BCUT2D eigenvalue weighted by molar-refractivity contribution is 0.0953. The van der Waals surface area contributed by atoms with E-state index in [0.29, 0.717) is 22.2 Å². The molecule has 6 heteroatoms. The smallest absolute Gasteiger partial charge is 0.252 e. The van der Waals surface area contributed by atoms with Crippen molar-refractivity contribution < 1.29 is 4.79 Å². The third-order valence-electron chi connectivity index (χ3n) is 2.06. The van der Waals surface area contributed by atoms with Crippen LogP contribution in [0.3, 0.4) is 0 Å². The lowest BCUT2D eigenvalue weighted by atomic mass is 10.2. The molecular weight excluding hydrogens is 282 g/mol. The Balaban J connectivity index is 0.00000256. The molecule has 1 rings (SSSR count). The summed E-state index contributed by atoms with van der Waals surface area (Å²) in [5.41, 5.74) is 6.00. The summed E-state index contributed by atoms with van der Waals surface area (Å²) >= 11 is 11.6. The number of nitrogens with one attached hydrogen (secondary N) is 1. The first-order valence-corrected chi connectivity index (χ1v) is 5.75. The standard InChI is InChI=1S/C11H14Cl2N2O.ClH/c1-7(14)4-5-15-11(16)9-3-2-8(12)6-10(9)13;/h2-3,6-7H,4-5,14H2,1H3,(H,15,16);1H. The molecule has 96 valence electrons. The maximum Gasteiger partial charge on any atom is 0.252 e. The average molecular weight is 298 g/mol. The van der Waals surface area contributed by atoms with Crippen LogP contribution >= 0.6 is 35.6 Å². The summed E-state index contributed by atoms with van der Waals surface area (Å²) in [5, 5.41) is 3.61. The van der Waals surface area contributed by atoms with E-state index in [2.05, 4.69) is 5.32 Å². The van der Waals surface area contributed by atoms with Crippen LogP contribution in [0.25, 0.3) is 0 Å². The van der Waals surface area contributed by atoms with Gasteiger partial charge in [0, 0.05) is 17.6 Å². The van der Waals surface area contributed by atoms with Crippen molar-refractivity contribution >= 4 is 41.5 Å². The molecule has 1 aromatic carbocycles. The van der Waals surface area contributed by atoms with Gasteiger partial charge in [-0.1, -0.05) is 23.2 Å². The number of amides is 1. The van der Waals surface area contributed by atoms with E-state index in [0.717, 1.165) is 6.42 Å². The number of hydrogen-bond donors (Lipinski definition) is 2. The first-order chi connectivity index (χ1) is 7.50. The Labute approximate surface area is 117 Å². The number of rotatable bonds is 4. The molecular formula is C11H15Cl3N2O. The predicted octanol–water partition coefficient (Wildman–Crippen LogP) is 2.88. The van der Waals surface area contributed by atoms with Crippen LogP contribution in [0.2, 0.25) is 10.0 Å². The van der Waals surface area contributed by atoms with Crippen LogP contribution in [-0.2, 0) is 0 Å². The minimum absolute atomic E-state index is 0. The minimum Gasteiger partial charge on any atom is -0.352 e. The molecule has 0 heterocycles. The largest absolute Gasteiger partial charge is 0.352 e. The molecule has 1 unspecified atom stereocenters. The van der Waals surface area contributed by atoms with Crippen molar-refractivity contribution in [3.8, 4) is 0 Å². The van der Waals surface area contributed by atoms with Crippen molar-refractivity contribution in [3.05, 3.63) is 33.8 Å². The normalized spacial score (nSPS) is 11.5. The van der Waals surface area contributed by atoms with Crippen LogP contribution in [0.1, 0.15) is 23.7 Å². The molecule has 0 spiro atoms. The molecule has 0 saturated carbocycles. The minimum atomic E-state index is -0.206. The molecule has 17 heavy (non-hydrogen) atoms. The number of carbonyl (C=O) groups excluding carboxylic acids is 1. The summed E-state index contributed by atoms with van der Waals surface area (Å²) in [7, 11) is 0. The molecule has 0 radical (unpaired) electrons. The number of hydrogen-bond acceptors (Lipinski definition) is 2. The molecule has 0 aliphatic heterocycles. The van der Waals surface area contributed by atoms with E-state index in [9.17, 15) is 4.79 Å². The third-order valence-corrected chi connectivity index (χ3v) is 2.61. The van der Waals surface area contributed by atoms with Crippen LogP contribution < -0.4 is 11.1 Å². The van der Waals surface area contributed by atoms with E-state index in [-0.39, 0.29) is 24.4 Å². The van der Waals surface area contributed by atoms with Gasteiger partial charge >= 0.3 is 0 Å². The molecule has 0 fully saturated rings. The predicted molar refractivity (Wildman–Crippen MR) is 74.3 cm³/mol. The highest BCUT2D eigenvalue weighted by molar-refractivity contribution is 6.36. The molecule has 0 aliphatic rings. The zero-order valence-electron chi connectivity index (χ0n) is 9.37. The van der Waals surface area contributed by atoms with Gasteiger partial charge < -0.3 is 11.1 Å². The van der Waals surface area contributed by atoms with Crippen LogP contribution in [0.15, 0.2) is 18.2 Å². The summed E-state index contributed by atoms with van der Waals surface area (Å²) in [6.07, 6.45) is 0.733. The van der Waals surface area contributed by atoms with Crippen LogP contribution in [0.4, 0.5) is 0 Å². The second-order valence-electron chi connectivity index (χ2n) is 3.65. The van der Waals surface area contributed by atoms with E-state index in [1.807, 2.05) is 6.92 Å². The highest BCUT2D eigenvalue weighted by atomic mass is 35.5. The molecule has 0 saturated heterocycles. The lowest BCUT2D eigenvalue weighted by Gasteiger charge is -2.08. The molecule has 0 aromatic heterocycles. The van der Waals surface area contributed by atoms with Crippen molar-refractivity contribution in [2.45, 2.75) is 19.4 Å². The van der Waals surface area contributed by atoms with E-state index in [4.69, 9.17) is 28.9 Å². The van der Waals surface area contributed by atoms with Gasteiger partial charge in [-0.25, -0.2) is 0 Å². The van der Waals surface area contributed by atoms with Crippen molar-refractivity contribution in [2.75, 3.05) is 6.54 Å². The van der Waals surface area contributed by atoms with E-state index in [1.165, 1.54) is 0 Å². The SMILES string of the molecule is CC(N)CCNC(=O)c1ccc(Cl)cc1Cl.Cl. The summed E-state index contributed by atoms with van der Waals surface area (Å²) in [6, 6.07) is 4.85. The van der Waals surface area contributed by atoms with Crippen molar-refractivity contribution in [1.29, 1.82) is 0 Å². The number of nitrogens with two attached hydrogens (primary N) is 1. The third kappa shape index (κ3) is 5.59. The summed E-state index contributed by atoms with van der Waals surface area (Å²) in [6.45, 7) is 2.43. The maximum absolute atomic E-state index is 11.7. The monoisotopic (exact) mass is 296 g/mol. The van der Waals surface area contributed by atoms with Gasteiger partial charge in [0.1, 0.15) is 0 Å². The fourth-order valence-electron chi connectivity index (χ4n) is 1.18. The first-order valence-electron chi connectivity index (χ1n) is 4.99. The Kier molecular flexibility index (Phi) is 7.55. The number of benzene rings is 1. The fraction of sp³-hybridized carbons (Fsp3) is 0.364. The quantitative estimate of drug-likeness (QED) is 0.898. The number of carbonyl (C=O) groups is 1. The fourth-order valence-corrected chi connectivity index (χ4v) is 1.68. The molecule has 0 aliphatic carbocycles. The van der Waals surface area contributed by atoms with E-state index < -0.39 is 0 Å². The van der Waals surface area contributed by atoms with Gasteiger partial charge in [-0.15, -0.1) is 12.4 Å². The second kappa shape index (κ2) is 7.77. The highest BCUT2D eigenvalue weighted by Crippen LogP contribution is 2.20. The van der Waals surface area contributed by atoms with Gasteiger partial charge in [-0.2, -0.15) is 0 Å². The topological polar surface area (TPSA) is 55.1 Å². The molecule has 1 amide bonds. The van der Waals surface area contributed by atoms with Crippen molar-refractivity contribution in [2.24, 2.45) is 5.73 Å². The maximum atomic E-state index is 11.7. The molecule has 3 N–H and O–H groups in total. The van der Waals surface area contributed by atoms with Crippen LogP contribution in [0, 0.1) is 0 Å². The summed E-state index contributed by atoms with van der Waals surface area (Å²) in [4.78, 5) is 11.7. The lowest BCUT2D eigenvalue weighted by Crippen LogP contribution is -2.29. The van der Waals surface area contributed by atoms with Gasteiger partial charge in [0.15, 0.2) is 0 Å². The van der Waals surface area contributed by atoms with E-state index >= 15 is 0 Å². The van der Waals surface area contributed by atoms with Crippen LogP contribution in [0.5, 0.6) is 0 Å². The Hall–Kier alpha value is -0.480. The van der Waals surface area contributed by atoms with Gasteiger partial charge in [0.25, 0.3) is 5.91 Å². The second-order valence-corrected chi connectivity index (χ2v) is 4.49. The van der Waals surface area contributed by atoms with Gasteiger partial charge in [-0.3, -0.25) is 4.79 Å². The Bertz CT molecular complexity index is 383. The van der Waals surface area contributed by atoms with Crippen molar-refractivity contribution in [3.63, 3.8) is 0 Å². The zero-order valence-corrected chi connectivity index (χ0v) is 11.7. The zero-order chi connectivity index (χ0) is 12.1. The van der Waals surface area contributed by atoms with Crippen molar-refractivity contribution in [1.82, 2.24) is 5.32 Å². The Morgan fingerprint density at radius 2 is 2.12 bits per heavy atom. The van der Waals surface area contributed by atoms with Gasteiger partial charge in [-0.05, 0) is 31.5 Å². The summed E-state index contributed by atoms with van der Waals surface area (Å²) in [5.74, 6) is -0.206. The first kappa shape index (κ1) is 16.5. The molecule has 0 bridgehead atoms. The summed E-state index contributed by atoms with van der Waals surface area (Å²) < 4.78 is 0. The molecule has 1 aromatic rings. The van der Waals surface area contributed by atoms with Crippen LogP contribution in [-0.4, -0.2) is 18.5 Å². The highest BCUT2D eigenvalue weighted by Gasteiger charge is 2.09. The molecule has 3 nitrogen and oxygen atoms in total. The van der Waals surface area contributed by atoms with Gasteiger partial charge in [0.2, 0.25) is 0 Å². The van der Waals surface area contributed by atoms with Gasteiger partial charge in [0.05, 0.1) is 10.6 Å².